The topological polar surface area (TPSA) is 93.6 Å². The van der Waals surface area contributed by atoms with Gasteiger partial charge in [-0.2, -0.15) is 0 Å². The van der Waals surface area contributed by atoms with Gasteiger partial charge < -0.3 is 14.8 Å². The number of nitrogens with zero attached hydrogens (tertiary/aromatic N) is 3. The van der Waals surface area contributed by atoms with E-state index in [0.717, 1.165) is 12.1 Å². The molecule has 4 heterocycles. The molecule has 0 radical (unpaired) electrons. The van der Waals surface area contributed by atoms with E-state index in [2.05, 4.69) is 29.1 Å². The van der Waals surface area contributed by atoms with Crippen molar-refractivity contribution < 1.29 is 19.1 Å². The average Bonchev–Trinajstić information content (AvgIpc) is 3.07. The van der Waals surface area contributed by atoms with Crippen LogP contribution in [0.15, 0.2) is 24.5 Å². The van der Waals surface area contributed by atoms with Crippen LogP contribution in [0.5, 0.6) is 5.75 Å². The van der Waals surface area contributed by atoms with E-state index in [0.29, 0.717) is 43.8 Å². The zero-order valence-electron chi connectivity index (χ0n) is 16.5. The van der Waals surface area contributed by atoms with Gasteiger partial charge in [0, 0.05) is 18.0 Å². The van der Waals surface area contributed by atoms with Crippen molar-refractivity contribution in [2.24, 2.45) is 5.92 Å². The van der Waals surface area contributed by atoms with E-state index in [-0.39, 0.29) is 0 Å². The summed E-state index contributed by atoms with van der Waals surface area (Å²) in [5, 5.41) is 3.49. The minimum atomic E-state index is -0.514. The predicted octanol–water partition coefficient (Wildman–Crippen LogP) is 4.37. The molecule has 0 atom stereocenters. The fourth-order valence-corrected chi connectivity index (χ4v) is 4.43. The van der Waals surface area contributed by atoms with Crippen molar-refractivity contribution in [1.82, 2.24) is 9.97 Å². The summed E-state index contributed by atoms with van der Waals surface area (Å²) in [6, 6.07) is 3.18. The van der Waals surface area contributed by atoms with Crippen LogP contribution in [0.25, 0.3) is 10.2 Å². The highest BCUT2D eigenvalue weighted by atomic mass is 32.1. The first-order valence-electron chi connectivity index (χ1n) is 9.08. The molecule has 3 aromatic heterocycles. The standard InChI is InChI=1S/C20H20N4O4S/c1-10(2)7-11-8-14(27-3)13(9-22-11)24-12-5-6-21-18-15(12)16(23-20(24)26)17(29-18)19(25)28-4/h5-6,8-10H,7H2,1-4H3,(H,23,26). The Balaban J connectivity index is 1.88. The van der Waals surface area contributed by atoms with Crippen molar-refractivity contribution in [1.29, 1.82) is 0 Å². The van der Waals surface area contributed by atoms with Crippen LogP contribution >= 0.6 is 11.3 Å². The first-order chi connectivity index (χ1) is 13.9. The summed E-state index contributed by atoms with van der Waals surface area (Å²) in [5.74, 6) is 0.476. The lowest BCUT2D eigenvalue weighted by Gasteiger charge is -2.29. The first kappa shape index (κ1) is 19.1. The van der Waals surface area contributed by atoms with Gasteiger partial charge in [0.2, 0.25) is 0 Å². The number of hydrogen-bond donors (Lipinski definition) is 1. The first-order valence-corrected chi connectivity index (χ1v) is 9.90. The minimum absolute atomic E-state index is 0.313. The Morgan fingerprint density at radius 1 is 1.28 bits per heavy atom. The average molecular weight is 412 g/mol. The molecule has 1 aliphatic heterocycles. The largest absolute Gasteiger partial charge is 0.494 e. The summed E-state index contributed by atoms with van der Waals surface area (Å²) in [7, 11) is 2.87. The number of esters is 1. The SMILES string of the molecule is COC(=O)c1sc2nccc3c2c1NC(=O)N3c1cnc(CC(C)C)cc1OC. The molecule has 150 valence electrons. The van der Waals surface area contributed by atoms with E-state index in [4.69, 9.17) is 9.47 Å². The Bertz CT molecular complexity index is 1130. The lowest BCUT2D eigenvalue weighted by atomic mass is 10.1. The number of pyridine rings is 2. The van der Waals surface area contributed by atoms with Crippen molar-refractivity contribution in [3.63, 3.8) is 0 Å². The number of aromatic nitrogens is 2. The third kappa shape index (κ3) is 3.17. The predicted molar refractivity (Wildman–Crippen MR) is 111 cm³/mol. The molecule has 9 heteroatoms. The van der Waals surface area contributed by atoms with Crippen molar-refractivity contribution >= 4 is 50.6 Å². The number of methoxy groups -OCH3 is 2. The molecule has 2 amide bonds. The van der Waals surface area contributed by atoms with Gasteiger partial charge in [-0.05, 0) is 18.4 Å². The molecule has 0 fully saturated rings. The fraction of sp³-hybridized carbons (Fsp3) is 0.300. The van der Waals surface area contributed by atoms with Crippen molar-refractivity contribution in [3.05, 3.63) is 35.1 Å². The second-order valence-electron chi connectivity index (χ2n) is 7.02. The molecular formula is C20H20N4O4S. The zero-order chi connectivity index (χ0) is 20.7. The van der Waals surface area contributed by atoms with Crippen LogP contribution in [0.2, 0.25) is 0 Å². The van der Waals surface area contributed by atoms with Gasteiger partial charge in [-0.15, -0.1) is 11.3 Å². The number of amides is 2. The number of rotatable bonds is 5. The molecule has 0 aliphatic carbocycles. The molecule has 0 aromatic carbocycles. The molecule has 0 bridgehead atoms. The van der Waals surface area contributed by atoms with Gasteiger partial charge in [0.05, 0.1) is 37.2 Å². The number of nitrogens with one attached hydrogen (secondary N) is 1. The quantitative estimate of drug-likeness (QED) is 0.626. The van der Waals surface area contributed by atoms with Crippen LogP contribution < -0.4 is 15.0 Å². The summed E-state index contributed by atoms with van der Waals surface area (Å²) in [6.45, 7) is 4.23. The molecule has 29 heavy (non-hydrogen) atoms. The van der Waals surface area contributed by atoms with Crippen molar-refractivity contribution in [2.45, 2.75) is 20.3 Å². The number of thiophene rings is 1. The summed E-state index contributed by atoms with van der Waals surface area (Å²) in [5.41, 5.74) is 2.44. The monoisotopic (exact) mass is 412 g/mol. The summed E-state index contributed by atoms with van der Waals surface area (Å²) in [6.07, 6.45) is 4.05. The number of anilines is 3. The van der Waals surface area contributed by atoms with E-state index >= 15 is 0 Å². The Hall–Kier alpha value is -3.20. The number of ether oxygens (including phenoxy) is 2. The maximum atomic E-state index is 13.1. The van der Waals surface area contributed by atoms with Crippen molar-refractivity contribution in [3.8, 4) is 5.75 Å². The Morgan fingerprint density at radius 3 is 2.76 bits per heavy atom. The van der Waals surface area contributed by atoms with Gasteiger partial charge >= 0.3 is 12.0 Å². The molecule has 3 aromatic rings. The second kappa shape index (κ2) is 7.32. The number of urea groups is 1. The molecule has 0 unspecified atom stereocenters. The highest BCUT2D eigenvalue weighted by Crippen LogP contribution is 2.47. The van der Waals surface area contributed by atoms with Crippen LogP contribution in [0.1, 0.15) is 29.2 Å². The third-order valence-electron chi connectivity index (χ3n) is 4.60. The van der Waals surface area contributed by atoms with E-state index in [9.17, 15) is 9.59 Å². The summed E-state index contributed by atoms with van der Waals surface area (Å²) >= 11 is 1.18. The van der Waals surface area contributed by atoms with E-state index in [1.54, 1.807) is 25.6 Å². The van der Waals surface area contributed by atoms with Gasteiger partial charge in [0.1, 0.15) is 21.1 Å². The minimum Gasteiger partial charge on any atom is -0.494 e. The van der Waals surface area contributed by atoms with Gasteiger partial charge in [-0.3, -0.25) is 9.88 Å². The number of carbonyl (C=O) groups is 2. The van der Waals surface area contributed by atoms with Crippen LogP contribution in [-0.2, 0) is 11.2 Å². The highest BCUT2D eigenvalue weighted by Gasteiger charge is 2.34. The van der Waals surface area contributed by atoms with Crippen molar-refractivity contribution in [2.75, 3.05) is 24.4 Å². The Kier molecular flexibility index (Phi) is 4.83. The maximum Gasteiger partial charge on any atom is 0.350 e. The summed E-state index contributed by atoms with van der Waals surface area (Å²) in [4.78, 5) is 36.5. The molecule has 4 rings (SSSR count). The lowest BCUT2D eigenvalue weighted by Crippen LogP contribution is -2.34. The molecule has 1 N–H and O–H groups in total. The van der Waals surface area contributed by atoms with Gasteiger partial charge in [-0.1, -0.05) is 13.8 Å². The second-order valence-corrected chi connectivity index (χ2v) is 8.02. The van der Waals surface area contributed by atoms with E-state index in [1.807, 2.05) is 6.07 Å². The Morgan fingerprint density at radius 2 is 2.07 bits per heavy atom. The van der Waals surface area contributed by atoms with Crippen LogP contribution in [0.3, 0.4) is 0 Å². The van der Waals surface area contributed by atoms with Gasteiger partial charge in [0.15, 0.2) is 0 Å². The fourth-order valence-electron chi connectivity index (χ4n) is 3.39. The molecule has 8 nitrogen and oxygen atoms in total. The van der Waals surface area contributed by atoms with Crippen LogP contribution in [0.4, 0.5) is 21.9 Å². The van der Waals surface area contributed by atoms with E-state index in [1.165, 1.54) is 23.3 Å². The number of hydrogen-bond acceptors (Lipinski definition) is 7. The van der Waals surface area contributed by atoms with Crippen LogP contribution in [-0.4, -0.2) is 36.2 Å². The number of carbonyl (C=O) groups excluding carboxylic acids is 2. The van der Waals surface area contributed by atoms with Gasteiger partial charge in [-0.25, -0.2) is 14.6 Å². The Labute approximate surface area is 171 Å². The zero-order valence-corrected chi connectivity index (χ0v) is 17.3. The molecule has 0 saturated carbocycles. The maximum absolute atomic E-state index is 13.1. The molecule has 1 aliphatic rings. The smallest absolute Gasteiger partial charge is 0.350 e. The normalized spacial score (nSPS) is 13.0. The molecule has 0 spiro atoms. The van der Waals surface area contributed by atoms with Crippen LogP contribution in [0, 0.1) is 5.92 Å². The highest BCUT2D eigenvalue weighted by molar-refractivity contribution is 7.21. The third-order valence-corrected chi connectivity index (χ3v) is 5.68. The van der Waals surface area contributed by atoms with E-state index < -0.39 is 12.0 Å². The van der Waals surface area contributed by atoms with Gasteiger partial charge in [0.25, 0.3) is 0 Å². The molecule has 0 saturated heterocycles. The lowest BCUT2D eigenvalue weighted by molar-refractivity contribution is 0.0607. The molecular weight excluding hydrogens is 392 g/mol. The summed E-state index contributed by atoms with van der Waals surface area (Å²) < 4.78 is 10.4.